The summed E-state index contributed by atoms with van der Waals surface area (Å²) in [5, 5.41) is 11.5. The van der Waals surface area contributed by atoms with Crippen LogP contribution in [0.2, 0.25) is 5.02 Å². The lowest BCUT2D eigenvalue weighted by Crippen LogP contribution is -2.16. The van der Waals surface area contributed by atoms with Crippen LogP contribution in [0.25, 0.3) is 11.4 Å². The van der Waals surface area contributed by atoms with E-state index >= 15 is 0 Å². The van der Waals surface area contributed by atoms with Crippen LogP contribution in [0.15, 0.2) is 52.1 Å². The maximum absolute atomic E-state index is 13.0. The third-order valence-electron chi connectivity index (χ3n) is 3.30. The Kier molecular flexibility index (Phi) is 5.80. The predicted octanol–water partition coefficient (Wildman–Crippen LogP) is 3.94. The number of amides is 1. The molecule has 0 aliphatic heterocycles. The minimum absolute atomic E-state index is 0.0745. The predicted molar refractivity (Wildman–Crippen MR) is 104 cm³/mol. The number of carbonyl (C=O) groups is 1. The van der Waals surface area contributed by atoms with Crippen molar-refractivity contribution in [3.8, 4) is 11.4 Å². The third-order valence-corrected chi connectivity index (χ3v) is 5.05. The highest BCUT2D eigenvalue weighted by atomic mass is 79.9. The molecule has 0 unspecified atom stereocenters. The molecule has 1 heterocycles. The number of nitrogens with one attached hydrogen (secondary N) is 1. The van der Waals surface area contributed by atoms with Gasteiger partial charge in [-0.3, -0.25) is 4.79 Å². The number of thioether (sulfide) groups is 1. The van der Waals surface area contributed by atoms with Crippen molar-refractivity contribution in [2.45, 2.75) is 5.16 Å². The summed E-state index contributed by atoms with van der Waals surface area (Å²) in [7, 11) is 0. The Labute approximate surface area is 166 Å². The normalized spacial score (nSPS) is 10.7. The molecule has 0 bridgehead atoms. The summed E-state index contributed by atoms with van der Waals surface area (Å²) < 4.78 is 15.1. The highest BCUT2D eigenvalue weighted by molar-refractivity contribution is 9.10. The molecule has 0 radical (unpaired) electrons. The van der Waals surface area contributed by atoms with E-state index in [0.29, 0.717) is 27.3 Å². The zero-order valence-electron chi connectivity index (χ0n) is 13.1. The summed E-state index contributed by atoms with van der Waals surface area (Å²) in [4.78, 5) is 12.1. The van der Waals surface area contributed by atoms with Crippen molar-refractivity contribution in [2.24, 2.45) is 0 Å². The van der Waals surface area contributed by atoms with Gasteiger partial charge in [0.15, 0.2) is 5.82 Å². The van der Waals surface area contributed by atoms with Crippen molar-refractivity contribution in [2.75, 3.05) is 16.9 Å². The number of hydrogen-bond acceptors (Lipinski definition) is 5. The molecule has 26 heavy (non-hydrogen) atoms. The second-order valence-corrected chi connectivity index (χ2v) is 7.41. The molecule has 0 fully saturated rings. The molecular weight excluding hydrogens is 445 g/mol. The molecule has 6 nitrogen and oxygen atoms in total. The van der Waals surface area contributed by atoms with Gasteiger partial charge in [-0.05, 0) is 42.5 Å². The quantitative estimate of drug-likeness (QED) is 0.448. The molecule has 3 N–H and O–H groups in total. The van der Waals surface area contributed by atoms with Gasteiger partial charge >= 0.3 is 0 Å². The van der Waals surface area contributed by atoms with E-state index in [9.17, 15) is 9.18 Å². The maximum atomic E-state index is 13.0. The number of nitrogens with two attached hydrogens (primary N) is 1. The molecule has 0 saturated carbocycles. The van der Waals surface area contributed by atoms with Crippen LogP contribution in [-0.4, -0.2) is 26.5 Å². The third kappa shape index (κ3) is 4.35. The number of nitrogen functional groups attached to an aromatic ring is 1. The smallest absolute Gasteiger partial charge is 0.234 e. The van der Waals surface area contributed by atoms with Gasteiger partial charge in [-0.1, -0.05) is 39.3 Å². The van der Waals surface area contributed by atoms with Gasteiger partial charge in [0.1, 0.15) is 5.82 Å². The first-order valence-corrected chi connectivity index (χ1v) is 9.44. The molecule has 0 spiro atoms. The second kappa shape index (κ2) is 8.07. The number of carbonyl (C=O) groups excluding carboxylic acids is 1. The van der Waals surface area contributed by atoms with Crippen LogP contribution in [0.3, 0.4) is 0 Å². The summed E-state index contributed by atoms with van der Waals surface area (Å²) >= 11 is 10.5. The maximum Gasteiger partial charge on any atom is 0.234 e. The molecule has 0 aliphatic carbocycles. The fraction of sp³-hybridized carbons (Fsp3) is 0.0625. The zero-order valence-corrected chi connectivity index (χ0v) is 16.3. The van der Waals surface area contributed by atoms with Crippen molar-refractivity contribution in [3.05, 3.63) is 57.8 Å². The minimum atomic E-state index is -0.352. The number of anilines is 1. The molecule has 1 amide bonds. The molecule has 134 valence electrons. The van der Waals surface area contributed by atoms with Gasteiger partial charge in [0.25, 0.3) is 0 Å². The number of benzene rings is 2. The SMILES string of the molecule is Nn1c(SCC(=O)Nc2ccc(Br)cc2Cl)nnc1-c1ccc(F)cc1. The van der Waals surface area contributed by atoms with E-state index in [-0.39, 0.29) is 17.5 Å². The number of halogens is 3. The van der Waals surface area contributed by atoms with Gasteiger partial charge in [0, 0.05) is 10.0 Å². The standard InChI is InChI=1S/C16H12BrClFN5OS/c17-10-3-6-13(12(18)7-10)21-14(25)8-26-16-23-22-15(24(16)20)9-1-4-11(19)5-2-9/h1-7H,8,20H2,(H,21,25). The number of aromatic nitrogens is 3. The van der Waals surface area contributed by atoms with Gasteiger partial charge in [-0.15, -0.1) is 10.2 Å². The Bertz CT molecular complexity index is 950. The highest BCUT2D eigenvalue weighted by Crippen LogP contribution is 2.26. The second-order valence-electron chi connectivity index (χ2n) is 5.14. The molecule has 0 aliphatic rings. The summed E-state index contributed by atoms with van der Waals surface area (Å²) in [5.41, 5.74) is 1.14. The Morgan fingerprint density at radius 1 is 1.27 bits per heavy atom. The first-order chi connectivity index (χ1) is 12.4. The van der Waals surface area contributed by atoms with Crippen LogP contribution >= 0.6 is 39.3 Å². The molecular formula is C16H12BrClFN5OS. The van der Waals surface area contributed by atoms with E-state index in [1.165, 1.54) is 16.8 Å². The lowest BCUT2D eigenvalue weighted by atomic mass is 10.2. The summed E-state index contributed by atoms with van der Waals surface area (Å²) in [6.45, 7) is 0. The molecule has 10 heteroatoms. The zero-order chi connectivity index (χ0) is 18.7. The molecule has 0 saturated heterocycles. The van der Waals surface area contributed by atoms with Gasteiger partial charge in [-0.25, -0.2) is 9.07 Å². The molecule has 1 aromatic heterocycles. The monoisotopic (exact) mass is 455 g/mol. The lowest BCUT2D eigenvalue weighted by molar-refractivity contribution is -0.113. The summed E-state index contributed by atoms with van der Waals surface area (Å²) in [6, 6.07) is 10.9. The molecule has 3 rings (SSSR count). The fourth-order valence-electron chi connectivity index (χ4n) is 2.08. The highest BCUT2D eigenvalue weighted by Gasteiger charge is 2.14. The van der Waals surface area contributed by atoms with E-state index in [1.54, 1.807) is 30.3 Å². The van der Waals surface area contributed by atoms with Crippen molar-refractivity contribution in [3.63, 3.8) is 0 Å². The average molecular weight is 457 g/mol. The Hall–Kier alpha value is -2.10. The number of nitrogens with zero attached hydrogens (tertiary/aromatic N) is 3. The van der Waals surface area contributed by atoms with Crippen molar-refractivity contribution >= 4 is 50.9 Å². The lowest BCUT2D eigenvalue weighted by Gasteiger charge is -2.07. The fourth-order valence-corrected chi connectivity index (χ4v) is 3.46. The van der Waals surface area contributed by atoms with Crippen LogP contribution in [-0.2, 0) is 4.79 Å². The summed E-state index contributed by atoms with van der Waals surface area (Å²) in [6.07, 6.45) is 0. The molecule has 3 aromatic rings. The minimum Gasteiger partial charge on any atom is -0.335 e. The van der Waals surface area contributed by atoms with Crippen LogP contribution in [0.1, 0.15) is 0 Å². The molecule has 2 aromatic carbocycles. The van der Waals surface area contributed by atoms with Crippen molar-refractivity contribution in [1.82, 2.24) is 14.9 Å². The van der Waals surface area contributed by atoms with Gasteiger partial charge in [0.05, 0.1) is 16.5 Å². The van der Waals surface area contributed by atoms with Gasteiger partial charge in [-0.2, -0.15) is 0 Å². The topological polar surface area (TPSA) is 85.8 Å². The Morgan fingerprint density at radius 3 is 2.69 bits per heavy atom. The number of rotatable bonds is 5. The van der Waals surface area contributed by atoms with E-state index in [0.717, 1.165) is 16.2 Å². The van der Waals surface area contributed by atoms with Crippen LogP contribution in [0.4, 0.5) is 10.1 Å². The van der Waals surface area contributed by atoms with Gasteiger partial charge < -0.3 is 11.2 Å². The Balaban J connectivity index is 1.64. The van der Waals surface area contributed by atoms with Crippen LogP contribution < -0.4 is 11.2 Å². The van der Waals surface area contributed by atoms with Crippen molar-refractivity contribution in [1.29, 1.82) is 0 Å². The van der Waals surface area contributed by atoms with Gasteiger partial charge in [0.2, 0.25) is 11.1 Å². The average Bonchev–Trinajstić information content (AvgIpc) is 2.97. The van der Waals surface area contributed by atoms with E-state index in [2.05, 4.69) is 31.4 Å². The molecule has 0 atom stereocenters. The van der Waals surface area contributed by atoms with Crippen molar-refractivity contribution < 1.29 is 9.18 Å². The Morgan fingerprint density at radius 2 is 2.00 bits per heavy atom. The van der Waals surface area contributed by atoms with E-state index < -0.39 is 0 Å². The number of hydrogen-bond donors (Lipinski definition) is 2. The largest absolute Gasteiger partial charge is 0.335 e. The van der Waals surface area contributed by atoms with E-state index in [4.69, 9.17) is 17.4 Å². The van der Waals surface area contributed by atoms with E-state index in [1.807, 2.05) is 0 Å². The first kappa shape index (κ1) is 18.7. The van der Waals surface area contributed by atoms with Crippen LogP contribution in [0.5, 0.6) is 0 Å². The summed E-state index contributed by atoms with van der Waals surface area (Å²) in [5.74, 6) is 5.81. The van der Waals surface area contributed by atoms with Crippen LogP contribution in [0, 0.1) is 5.82 Å². The first-order valence-electron chi connectivity index (χ1n) is 7.28.